The minimum absolute atomic E-state index is 0.00657. The molecule has 2 aromatic rings. The minimum Gasteiger partial charge on any atom is -0.457 e. The normalized spacial score (nSPS) is 21.6. The molecule has 3 aliphatic rings. The monoisotopic (exact) mass is 561 g/mol. The van der Waals surface area contributed by atoms with E-state index in [0.29, 0.717) is 24.5 Å². The number of para-hydroxylation sites is 1. The van der Waals surface area contributed by atoms with Crippen molar-refractivity contribution in [1.82, 2.24) is 19.6 Å². The summed E-state index contributed by atoms with van der Waals surface area (Å²) in [4.78, 5) is 34.5. The van der Waals surface area contributed by atoms with E-state index in [-0.39, 0.29) is 24.1 Å². The van der Waals surface area contributed by atoms with Crippen molar-refractivity contribution in [3.63, 3.8) is 0 Å². The Hall–Kier alpha value is -3.26. The maximum absolute atomic E-state index is 13.4. The third-order valence-corrected chi connectivity index (χ3v) is 9.29. The third kappa shape index (κ3) is 7.94. The summed E-state index contributed by atoms with van der Waals surface area (Å²) in [6.45, 7) is 4.45. The number of carbonyl (C=O) groups excluding carboxylic acids is 2. The Morgan fingerprint density at radius 3 is 2.27 bits per heavy atom. The van der Waals surface area contributed by atoms with Gasteiger partial charge in [0.05, 0.1) is 6.04 Å². The molecular formula is C33H47N5O3. The molecule has 2 aromatic carbocycles. The zero-order valence-electron chi connectivity index (χ0n) is 24.8. The lowest BCUT2D eigenvalue weighted by Gasteiger charge is -2.30. The molecule has 0 spiro atoms. The molecule has 8 nitrogen and oxygen atoms in total. The summed E-state index contributed by atoms with van der Waals surface area (Å²) in [5, 5.41) is 2.98. The zero-order chi connectivity index (χ0) is 28.6. The molecule has 2 heterocycles. The topological polar surface area (TPSA) is 68.4 Å². The van der Waals surface area contributed by atoms with E-state index in [1.165, 1.54) is 44.9 Å². The number of likely N-dealkylation sites (N-methyl/N-ethyl adjacent to an activating group) is 2. The van der Waals surface area contributed by atoms with Gasteiger partial charge in [0.25, 0.3) is 0 Å². The van der Waals surface area contributed by atoms with Crippen molar-refractivity contribution in [1.29, 1.82) is 0 Å². The highest BCUT2D eigenvalue weighted by Crippen LogP contribution is 2.28. The summed E-state index contributed by atoms with van der Waals surface area (Å²) in [5.41, 5.74) is 0.706. The second-order valence-electron chi connectivity index (χ2n) is 12.2. The van der Waals surface area contributed by atoms with E-state index < -0.39 is 0 Å². The van der Waals surface area contributed by atoms with Crippen LogP contribution in [-0.2, 0) is 0 Å². The smallest absolute Gasteiger partial charge is 0.321 e. The number of likely N-dealkylation sites (tertiary alicyclic amines) is 2. The molecule has 2 saturated heterocycles. The highest BCUT2D eigenvalue weighted by Gasteiger charge is 2.35. The van der Waals surface area contributed by atoms with E-state index in [1.807, 2.05) is 78.5 Å². The molecule has 2 aliphatic heterocycles. The SMILES string of the molecule is CN(C(=O)Nc1ccc(Oc2ccccc2)cc1)[C@H]1CCN(C(=O)N(C)[C@@H]2CCN(CCCC3CCCCC3)C2)C1. The largest absolute Gasteiger partial charge is 0.457 e. The number of urea groups is 2. The maximum Gasteiger partial charge on any atom is 0.321 e. The van der Waals surface area contributed by atoms with Crippen molar-refractivity contribution in [2.24, 2.45) is 5.92 Å². The van der Waals surface area contributed by atoms with Gasteiger partial charge in [-0.2, -0.15) is 0 Å². The van der Waals surface area contributed by atoms with Crippen LogP contribution < -0.4 is 10.1 Å². The van der Waals surface area contributed by atoms with Gasteiger partial charge in [0.1, 0.15) is 11.5 Å². The van der Waals surface area contributed by atoms with Crippen molar-refractivity contribution < 1.29 is 14.3 Å². The first kappa shape index (κ1) is 29.2. The standard InChI is InChI=1S/C33H47N5O3/c1-35(32(39)34-27-15-17-31(18-16-27)41-30-13-7-4-8-14-30)29-20-23-38(25-29)33(40)36(2)28-19-22-37(24-28)21-9-12-26-10-5-3-6-11-26/h4,7-8,13-18,26,28-29H,3,5-6,9-12,19-25H2,1-2H3,(H,34,39)/t28-,29+/m1/s1. The van der Waals surface area contributed by atoms with Crippen molar-refractivity contribution in [3.8, 4) is 11.5 Å². The fourth-order valence-electron chi connectivity index (χ4n) is 6.63. The predicted octanol–water partition coefficient (Wildman–Crippen LogP) is 6.50. The van der Waals surface area contributed by atoms with Gasteiger partial charge in [0.2, 0.25) is 0 Å². The van der Waals surface area contributed by atoms with Crippen LogP contribution in [0.1, 0.15) is 57.8 Å². The number of benzene rings is 2. The molecule has 0 bridgehead atoms. The Morgan fingerprint density at radius 2 is 1.51 bits per heavy atom. The van der Waals surface area contributed by atoms with E-state index in [1.54, 1.807) is 4.90 Å². The van der Waals surface area contributed by atoms with Crippen molar-refractivity contribution in [3.05, 3.63) is 54.6 Å². The molecule has 0 unspecified atom stereocenters. The maximum atomic E-state index is 13.4. The number of nitrogens with zero attached hydrogens (tertiary/aromatic N) is 4. The van der Waals surface area contributed by atoms with E-state index >= 15 is 0 Å². The van der Waals surface area contributed by atoms with Crippen LogP contribution in [0.2, 0.25) is 0 Å². The summed E-state index contributed by atoms with van der Waals surface area (Å²) in [7, 11) is 3.76. The average molecular weight is 562 g/mol. The van der Waals surface area contributed by atoms with E-state index in [9.17, 15) is 9.59 Å². The molecule has 2 atom stereocenters. The molecule has 1 aliphatic carbocycles. The number of hydrogen-bond acceptors (Lipinski definition) is 4. The molecule has 1 N–H and O–H groups in total. The van der Waals surface area contributed by atoms with Crippen molar-refractivity contribution in [2.75, 3.05) is 52.1 Å². The molecule has 4 amide bonds. The summed E-state index contributed by atoms with van der Waals surface area (Å²) in [5.74, 6) is 2.42. The molecule has 5 rings (SSSR count). The van der Waals surface area contributed by atoms with Crippen LogP contribution in [0.5, 0.6) is 11.5 Å². The number of ether oxygens (including phenoxy) is 1. The molecule has 0 aromatic heterocycles. The quantitative estimate of drug-likeness (QED) is 0.379. The average Bonchev–Trinajstić information content (AvgIpc) is 3.69. The zero-order valence-corrected chi connectivity index (χ0v) is 24.8. The molecule has 41 heavy (non-hydrogen) atoms. The fraction of sp³-hybridized carbons (Fsp3) is 0.576. The van der Waals surface area contributed by atoms with Crippen LogP contribution in [0.15, 0.2) is 54.6 Å². The van der Waals surface area contributed by atoms with E-state index in [2.05, 4.69) is 10.2 Å². The van der Waals surface area contributed by atoms with Crippen LogP contribution in [0.4, 0.5) is 15.3 Å². The summed E-state index contributed by atoms with van der Waals surface area (Å²) in [6, 6.07) is 17.1. The number of nitrogens with one attached hydrogen (secondary N) is 1. The molecular weight excluding hydrogens is 514 g/mol. The van der Waals surface area contributed by atoms with Crippen LogP contribution in [0.25, 0.3) is 0 Å². The van der Waals surface area contributed by atoms with Crippen LogP contribution >= 0.6 is 0 Å². The molecule has 3 fully saturated rings. The van der Waals surface area contributed by atoms with Crippen molar-refractivity contribution >= 4 is 17.7 Å². The summed E-state index contributed by atoms with van der Waals surface area (Å²) in [6.07, 6.45) is 11.6. The van der Waals surface area contributed by atoms with Gasteiger partial charge >= 0.3 is 12.1 Å². The first-order valence-corrected chi connectivity index (χ1v) is 15.6. The summed E-state index contributed by atoms with van der Waals surface area (Å²) < 4.78 is 5.84. The Morgan fingerprint density at radius 1 is 0.829 bits per heavy atom. The van der Waals surface area contributed by atoms with Crippen LogP contribution in [-0.4, -0.2) is 90.6 Å². The number of hydrogen-bond donors (Lipinski definition) is 1. The molecule has 0 radical (unpaired) electrons. The van der Waals surface area contributed by atoms with Gasteiger partial charge < -0.3 is 29.7 Å². The second-order valence-corrected chi connectivity index (χ2v) is 12.2. The fourth-order valence-corrected chi connectivity index (χ4v) is 6.63. The van der Waals surface area contributed by atoms with Gasteiger partial charge in [-0.15, -0.1) is 0 Å². The molecule has 8 heteroatoms. The predicted molar refractivity (Wildman–Crippen MR) is 164 cm³/mol. The highest BCUT2D eigenvalue weighted by molar-refractivity contribution is 5.89. The lowest BCUT2D eigenvalue weighted by molar-refractivity contribution is 0.151. The molecule has 222 valence electrons. The van der Waals surface area contributed by atoms with E-state index in [4.69, 9.17) is 4.74 Å². The van der Waals surface area contributed by atoms with Gasteiger partial charge in [-0.1, -0.05) is 50.3 Å². The van der Waals surface area contributed by atoms with Crippen LogP contribution in [0, 0.1) is 5.92 Å². The van der Waals surface area contributed by atoms with Gasteiger partial charge in [0.15, 0.2) is 0 Å². The first-order chi connectivity index (χ1) is 20.0. The Kier molecular flexibility index (Phi) is 10.0. The van der Waals surface area contributed by atoms with E-state index in [0.717, 1.165) is 44.1 Å². The lowest BCUT2D eigenvalue weighted by Crippen LogP contribution is -2.48. The summed E-state index contributed by atoms with van der Waals surface area (Å²) >= 11 is 0. The number of carbonyl (C=O) groups is 2. The second kappa shape index (κ2) is 14.1. The number of rotatable bonds is 9. The lowest BCUT2D eigenvalue weighted by atomic mass is 9.86. The first-order valence-electron chi connectivity index (χ1n) is 15.6. The third-order valence-electron chi connectivity index (χ3n) is 9.29. The minimum atomic E-state index is -0.172. The van der Waals surface area contributed by atoms with Crippen LogP contribution in [0.3, 0.4) is 0 Å². The van der Waals surface area contributed by atoms with Crippen molar-refractivity contribution in [2.45, 2.75) is 69.9 Å². The Bertz CT molecular complexity index is 1120. The Balaban J connectivity index is 1.03. The van der Waals surface area contributed by atoms with Gasteiger partial charge in [0, 0.05) is 52.0 Å². The Labute approximate surface area is 245 Å². The number of anilines is 1. The van der Waals surface area contributed by atoms with Gasteiger partial charge in [-0.25, -0.2) is 9.59 Å². The molecule has 1 saturated carbocycles. The van der Waals surface area contributed by atoms with Gasteiger partial charge in [-0.05, 0) is 74.5 Å². The highest BCUT2D eigenvalue weighted by atomic mass is 16.5. The number of amides is 4. The van der Waals surface area contributed by atoms with Gasteiger partial charge in [-0.3, -0.25) is 0 Å².